The van der Waals surface area contributed by atoms with E-state index in [1.807, 2.05) is 30.3 Å². The van der Waals surface area contributed by atoms with E-state index in [0.717, 1.165) is 33.9 Å². The summed E-state index contributed by atoms with van der Waals surface area (Å²) < 4.78 is 47.1. The summed E-state index contributed by atoms with van der Waals surface area (Å²) >= 11 is 0.905. The molecule has 4 aliphatic heterocycles. The number of ether oxygens (including phenoxy) is 1. The second kappa shape index (κ2) is 21.6. The Morgan fingerprint density at radius 1 is 0.920 bits per heavy atom. The summed E-state index contributed by atoms with van der Waals surface area (Å²) in [5, 5.41) is 7.66. The van der Waals surface area contributed by atoms with Gasteiger partial charge in [-0.05, 0) is 53.1 Å². The molecule has 1 aromatic heterocycles. The number of carbonyl (C=O) groups is 9. The lowest BCUT2D eigenvalue weighted by Crippen LogP contribution is -2.66. The number of imide groups is 2. The number of nitrogens with zero attached hydrogens (tertiary/aromatic N) is 4. The minimum absolute atomic E-state index is 0.00552. The molecule has 3 saturated heterocycles. The predicted molar refractivity (Wildman–Crippen MR) is 265 cm³/mol. The Bertz CT molecular complexity index is 3130. The molecule has 0 bridgehead atoms. The minimum Gasteiger partial charge on any atom is -0.370 e. The highest BCUT2D eigenvalue weighted by atomic mass is 32.1. The van der Waals surface area contributed by atoms with Gasteiger partial charge in [0.2, 0.25) is 35.4 Å². The number of piperazine rings is 1. The van der Waals surface area contributed by atoms with Gasteiger partial charge in [0.1, 0.15) is 30.7 Å². The molecule has 4 aliphatic rings. The molecule has 4 aromatic rings. The highest BCUT2D eigenvalue weighted by Gasteiger charge is 2.51. The van der Waals surface area contributed by atoms with Crippen LogP contribution in [0.2, 0.25) is 0 Å². The van der Waals surface area contributed by atoms with Crippen LogP contribution in [0.4, 0.5) is 8.78 Å². The van der Waals surface area contributed by atoms with Gasteiger partial charge in [0, 0.05) is 54.8 Å². The first kappa shape index (κ1) is 54.1. The maximum Gasteiger partial charge on any atom is 0.399 e. The molecule has 20 nitrogen and oxygen atoms in total. The van der Waals surface area contributed by atoms with E-state index in [9.17, 15) is 66.3 Å². The van der Waals surface area contributed by atoms with Crippen LogP contribution in [0.15, 0.2) is 72.8 Å². The van der Waals surface area contributed by atoms with Crippen molar-refractivity contribution in [2.24, 2.45) is 5.41 Å². The lowest BCUT2D eigenvalue weighted by Gasteiger charge is -2.45. The monoisotopic (exact) mass is 1070 g/mol. The fourth-order valence-corrected chi connectivity index (χ4v) is 10.7. The van der Waals surface area contributed by atoms with Crippen LogP contribution in [0.25, 0.3) is 10.1 Å². The number of amides is 9. The molecule has 0 saturated carbocycles. The van der Waals surface area contributed by atoms with Gasteiger partial charge in [-0.2, -0.15) is 8.78 Å². The van der Waals surface area contributed by atoms with Crippen molar-refractivity contribution in [1.82, 2.24) is 35.6 Å². The summed E-state index contributed by atoms with van der Waals surface area (Å²) in [4.78, 5) is 145. The van der Waals surface area contributed by atoms with Gasteiger partial charge in [-0.25, -0.2) is 0 Å². The second-order valence-electron chi connectivity index (χ2n) is 19.4. The van der Waals surface area contributed by atoms with Crippen molar-refractivity contribution in [2.45, 2.75) is 76.3 Å². The van der Waals surface area contributed by atoms with E-state index in [0.29, 0.717) is 4.70 Å². The van der Waals surface area contributed by atoms with Crippen molar-refractivity contribution in [2.75, 3.05) is 45.9 Å². The van der Waals surface area contributed by atoms with Crippen LogP contribution >= 0.6 is 18.9 Å². The van der Waals surface area contributed by atoms with Crippen molar-refractivity contribution < 1.29 is 71.0 Å². The maximum atomic E-state index is 14.8. The Morgan fingerprint density at radius 3 is 2.37 bits per heavy atom. The molecule has 8 rings (SSSR count). The number of fused-ring (bicyclic) bond motifs is 2. The zero-order valence-electron chi connectivity index (χ0n) is 40.8. The summed E-state index contributed by atoms with van der Waals surface area (Å²) in [5.41, 5.74) is -5.30. The lowest BCUT2D eigenvalue weighted by atomic mass is 9.85. The molecule has 3 fully saturated rings. The number of carbonyl (C=O) groups excluding carboxylic acids is 9. The minimum atomic E-state index is -5.88. The van der Waals surface area contributed by atoms with Crippen LogP contribution in [0.1, 0.15) is 99.6 Å². The molecular formula is C51H52F2N7O13PS. The maximum absolute atomic E-state index is 14.8. The number of hydrogen-bond acceptors (Lipinski definition) is 12. The Labute approximate surface area is 432 Å². The number of thiophene rings is 1. The van der Waals surface area contributed by atoms with E-state index in [-0.39, 0.29) is 92.1 Å². The van der Waals surface area contributed by atoms with Crippen molar-refractivity contribution in [3.8, 4) is 11.8 Å². The molecule has 75 heavy (non-hydrogen) atoms. The Kier molecular flexibility index (Phi) is 15.5. The SMILES string of the molecule is CC(C)(C)[C@H](NC(=O)c1cc2cc(C(F)(F)P(=O)(O)O)ccc2s1)C(=O)N1CCN(C(=O)CC(=O)NCCC#Cc2cccc3c2C(=O)N(C2CCC(=O)NC2=O)C3=O)C[C@H]1C(=O)N1CCO[C@H](c2ccccc2)C1. The molecule has 4 atom stereocenters. The van der Waals surface area contributed by atoms with E-state index >= 15 is 0 Å². The Hall–Kier alpha value is -7.22. The zero-order valence-corrected chi connectivity index (χ0v) is 42.5. The number of morpholine rings is 1. The van der Waals surface area contributed by atoms with Crippen molar-refractivity contribution in [3.05, 3.63) is 105 Å². The normalized spacial score (nSPS) is 19.7. The molecule has 0 spiro atoms. The van der Waals surface area contributed by atoms with Crippen LogP contribution < -0.4 is 16.0 Å². The lowest BCUT2D eigenvalue weighted by molar-refractivity contribution is -0.158. The average molecular weight is 1070 g/mol. The predicted octanol–water partition coefficient (Wildman–Crippen LogP) is 3.26. The van der Waals surface area contributed by atoms with Gasteiger partial charge in [0.05, 0.1) is 35.7 Å². The summed E-state index contributed by atoms with van der Waals surface area (Å²) in [6.07, 6.45) is -1.10. The largest absolute Gasteiger partial charge is 0.399 e. The topological polar surface area (TPSA) is 269 Å². The van der Waals surface area contributed by atoms with Crippen molar-refractivity contribution >= 4 is 82.2 Å². The van der Waals surface area contributed by atoms with Gasteiger partial charge < -0.3 is 39.9 Å². The van der Waals surface area contributed by atoms with E-state index in [4.69, 9.17) is 4.74 Å². The number of benzene rings is 3. The molecule has 1 unspecified atom stereocenters. The standard InChI is InChI=1S/C51H52F2N7O13PS/c1-50(2,3)43(56-45(65)38-25-31-24-32(15-17-37(31)75-38)51(52,53)74(70,71)72)49(69)59-21-20-57(27-35(59)47(67)58-22-23-73-36(28-58)29-10-5-4-6-11-29)41(63)26-40(62)54-19-8-7-12-30-13-9-14-33-42(30)48(68)60(46(33)66)34-16-18-39(61)55-44(34)64/h4-6,9-11,13-15,17,24-25,34-36,43H,8,16,18-23,26-28H2,1-3H3,(H,54,62)(H,56,65)(H,55,61,64)(H2,70,71,72)/t34?,35-,36-,43+/m0/s1. The van der Waals surface area contributed by atoms with Gasteiger partial charge >= 0.3 is 13.3 Å². The number of nitrogens with one attached hydrogen (secondary N) is 3. The van der Waals surface area contributed by atoms with Crippen LogP contribution in [0, 0.1) is 17.3 Å². The summed E-state index contributed by atoms with van der Waals surface area (Å²) in [5.74, 6) is -0.151. The number of rotatable bonds is 12. The van der Waals surface area contributed by atoms with E-state index in [1.54, 1.807) is 25.7 Å². The molecule has 9 amide bonds. The molecular weight excluding hydrogens is 1020 g/mol. The number of halogens is 2. The van der Waals surface area contributed by atoms with Gasteiger partial charge in [-0.15, -0.1) is 11.3 Å². The van der Waals surface area contributed by atoms with Gasteiger partial charge in [0.15, 0.2) is 0 Å². The van der Waals surface area contributed by atoms with Crippen LogP contribution in [-0.2, 0) is 43.7 Å². The molecule has 3 aromatic carbocycles. The van der Waals surface area contributed by atoms with Crippen LogP contribution in [0.5, 0.6) is 0 Å². The first-order valence-corrected chi connectivity index (χ1v) is 26.3. The van der Waals surface area contributed by atoms with Gasteiger partial charge in [-0.3, -0.25) is 57.9 Å². The number of hydrogen-bond donors (Lipinski definition) is 5. The first-order valence-electron chi connectivity index (χ1n) is 23.9. The summed E-state index contributed by atoms with van der Waals surface area (Å²) in [6, 6.07) is 14.3. The Morgan fingerprint density at radius 2 is 1.67 bits per heavy atom. The molecule has 5 N–H and O–H groups in total. The van der Waals surface area contributed by atoms with Crippen molar-refractivity contribution in [3.63, 3.8) is 0 Å². The third-order valence-electron chi connectivity index (χ3n) is 13.3. The highest BCUT2D eigenvalue weighted by Crippen LogP contribution is 2.59. The number of alkyl halides is 2. The van der Waals surface area contributed by atoms with Crippen LogP contribution in [-0.4, -0.2) is 147 Å². The summed E-state index contributed by atoms with van der Waals surface area (Å²) in [7, 11) is -5.88. The van der Waals surface area contributed by atoms with Crippen LogP contribution in [0.3, 0.4) is 0 Å². The molecule has 0 aliphatic carbocycles. The fourth-order valence-electron chi connectivity index (χ4n) is 9.29. The quantitative estimate of drug-likeness (QED) is 0.0449. The number of piperidine rings is 1. The summed E-state index contributed by atoms with van der Waals surface area (Å²) in [6.45, 7) is 4.96. The van der Waals surface area contributed by atoms with E-state index in [1.165, 1.54) is 40.1 Å². The van der Waals surface area contributed by atoms with Gasteiger partial charge in [-0.1, -0.05) is 75.1 Å². The third kappa shape index (κ3) is 11.4. The third-order valence-corrected chi connectivity index (χ3v) is 15.4. The first-order chi connectivity index (χ1) is 35.4. The highest BCUT2D eigenvalue weighted by molar-refractivity contribution is 7.52. The Balaban J connectivity index is 0.942. The molecule has 394 valence electrons. The van der Waals surface area contributed by atoms with E-state index < -0.39 is 108 Å². The molecule has 24 heteroatoms. The zero-order chi connectivity index (χ0) is 54.1. The fraction of sp³-hybridized carbons (Fsp3) is 0.392. The second-order valence-corrected chi connectivity index (χ2v) is 22.1. The van der Waals surface area contributed by atoms with E-state index in [2.05, 4.69) is 27.8 Å². The smallest absolute Gasteiger partial charge is 0.370 e. The molecule has 0 radical (unpaired) electrons. The van der Waals surface area contributed by atoms with Gasteiger partial charge in [0.25, 0.3) is 17.7 Å². The average Bonchev–Trinajstić information content (AvgIpc) is 3.92. The molecule has 5 heterocycles. The van der Waals surface area contributed by atoms with Crippen molar-refractivity contribution in [1.29, 1.82) is 0 Å².